The third-order valence-corrected chi connectivity index (χ3v) is 2.88. The van der Waals surface area contributed by atoms with Crippen molar-refractivity contribution < 1.29 is 24.9 Å². The van der Waals surface area contributed by atoms with Crippen molar-refractivity contribution in [3.63, 3.8) is 0 Å². The summed E-state index contributed by atoms with van der Waals surface area (Å²) in [7, 11) is 0. The number of esters is 1. The fourth-order valence-corrected chi connectivity index (χ4v) is 1.76. The third kappa shape index (κ3) is 9.87. The molecular weight excluding hydrogens is 248 g/mol. The van der Waals surface area contributed by atoms with E-state index < -0.39 is 18.0 Å². The van der Waals surface area contributed by atoms with Gasteiger partial charge in [-0.2, -0.15) is 0 Å². The number of hydrogen-bond donors (Lipinski definition) is 3. The Morgan fingerprint density at radius 3 is 2.11 bits per heavy atom. The van der Waals surface area contributed by atoms with Gasteiger partial charge in [-0.15, -0.1) is 0 Å². The molecule has 19 heavy (non-hydrogen) atoms. The van der Waals surface area contributed by atoms with Gasteiger partial charge in [0.15, 0.2) is 6.10 Å². The maximum Gasteiger partial charge on any atom is 0.314 e. The molecule has 0 aromatic rings. The van der Waals surface area contributed by atoms with E-state index in [4.69, 9.17) is 20.1 Å². The average molecular weight is 276 g/mol. The summed E-state index contributed by atoms with van der Waals surface area (Å²) in [5, 5.41) is 26.9. The smallest absolute Gasteiger partial charge is 0.314 e. The average Bonchev–Trinajstić information content (AvgIpc) is 2.22. The molecule has 3 N–H and O–H groups in total. The van der Waals surface area contributed by atoms with Crippen molar-refractivity contribution in [2.24, 2.45) is 5.41 Å². The minimum atomic E-state index is -2.96. The molecule has 0 radical (unpaired) electrons. The summed E-state index contributed by atoms with van der Waals surface area (Å²) >= 11 is 0. The normalized spacial score (nSPS) is 14.3. The van der Waals surface area contributed by atoms with Crippen molar-refractivity contribution in [2.45, 2.75) is 78.3 Å². The molecule has 0 bridgehead atoms. The first-order valence-corrected chi connectivity index (χ1v) is 6.93. The molecule has 0 fully saturated rings. The maximum atomic E-state index is 11.5. The molecule has 0 heterocycles. The monoisotopic (exact) mass is 276 g/mol. The van der Waals surface area contributed by atoms with Crippen LogP contribution in [0.2, 0.25) is 0 Å². The maximum absolute atomic E-state index is 11.5. The molecule has 0 rings (SSSR count). The second-order valence-electron chi connectivity index (χ2n) is 6.20. The largest absolute Gasteiger partial charge is 0.454 e. The summed E-state index contributed by atoms with van der Waals surface area (Å²) in [6.07, 6.45) is 2.88. The van der Waals surface area contributed by atoms with Crippen LogP contribution in [0.1, 0.15) is 66.2 Å². The number of carbonyl (C=O) groups is 1. The Balaban J connectivity index is 3.82. The van der Waals surface area contributed by atoms with Crippen molar-refractivity contribution >= 4 is 5.97 Å². The van der Waals surface area contributed by atoms with Crippen LogP contribution >= 0.6 is 0 Å². The molecule has 1 atom stereocenters. The minimum absolute atomic E-state index is 0.138. The number of rotatable bonds is 8. The van der Waals surface area contributed by atoms with Gasteiger partial charge in [-0.25, -0.2) is 0 Å². The van der Waals surface area contributed by atoms with Crippen molar-refractivity contribution in [1.82, 2.24) is 0 Å². The van der Waals surface area contributed by atoms with Gasteiger partial charge in [-0.1, -0.05) is 40.5 Å². The van der Waals surface area contributed by atoms with E-state index in [1.165, 1.54) is 0 Å². The van der Waals surface area contributed by atoms with Gasteiger partial charge < -0.3 is 20.1 Å². The predicted octanol–water partition coefficient (Wildman–Crippen LogP) is 1.94. The number of unbranched alkanes of at least 4 members (excludes halogenated alkanes) is 2. The first kappa shape index (κ1) is 18.4. The summed E-state index contributed by atoms with van der Waals surface area (Å²) in [5.41, 5.74) is 0.304. The fraction of sp³-hybridized carbons (Fsp3) is 0.929. The van der Waals surface area contributed by atoms with Crippen molar-refractivity contribution in [1.29, 1.82) is 0 Å². The Bertz CT molecular complexity index is 262. The minimum Gasteiger partial charge on any atom is -0.454 e. The predicted molar refractivity (Wildman–Crippen MR) is 72.1 cm³/mol. The second kappa shape index (κ2) is 7.82. The highest BCUT2D eigenvalue weighted by molar-refractivity contribution is 5.69. The number of hydrogen-bond acceptors (Lipinski definition) is 5. The first-order valence-electron chi connectivity index (χ1n) is 6.93. The van der Waals surface area contributed by atoms with Crippen molar-refractivity contribution in [3.05, 3.63) is 0 Å². The molecular formula is C14H28O5. The van der Waals surface area contributed by atoms with Crippen LogP contribution < -0.4 is 0 Å². The molecule has 0 aromatic carbocycles. The molecule has 1 unspecified atom stereocenters. The molecule has 5 nitrogen and oxygen atoms in total. The zero-order valence-electron chi connectivity index (χ0n) is 12.5. The van der Waals surface area contributed by atoms with Crippen molar-refractivity contribution in [2.75, 3.05) is 0 Å². The molecule has 0 spiro atoms. The van der Waals surface area contributed by atoms with Gasteiger partial charge in [0.05, 0.1) is 0 Å². The van der Waals surface area contributed by atoms with Gasteiger partial charge in [-0.05, 0) is 24.7 Å². The van der Waals surface area contributed by atoms with E-state index in [1.54, 1.807) is 6.92 Å². The Morgan fingerprint density at radius 2 is 1.68 bits per heavy atom. The van der Waals surface area contributed by atoms with E-state index in [2.05, 4.69) is 20.8 Å². The lowest BCUT2D eigenvalue weighted by Gasteiger charge is -2.24. The summed E-state index contributed by atoms with van der Waals surface area (Å²) < 4.78 is 4.82. The van der Waals surface area contributed by atoms with Crippen LogP contribution in [0.15, 0.2) is 0 Å². The van der Waals surface area contributed by atoms with Crippen LogP contribution in [0.25, 0.3) is 0 Å². The van der Waals surface area contributed by atoms with Crippen molar-refractivity contribution in [3.8, 4) is 0 Å². The Morgan fingerprint density at radius 1 is 1.11 bits per heavy atom. The molecule has 5 heteroatoms. The molecule has 0 aromatic heterocycles. The lowest BCUT2D eigenvalue weighted by Crippen LogP contribution is -2.44. The number of aliphatic hydroxyl groups is 3. The number of ether oxygens (including phenoxy) is 1. The zero-order valence-corrected chi connectivity index (χ0v) is 12.5. The highest BCUT2D eigenvalue weighted by atomic mass is 16.7. The van der Waals surface area contributed by atoms with Crippen LogP contribution in [-0.4, -0.2) is 33.4 Å². The zero-order chi connectivity index (χ0) is 15.1. The Hall–Kier alpha value is -0.650. The lowest BCUT2D eigenvalue weighted by molar-refractivity contribution is -0.356. The highest BCUT2D eigenvalue weighted by Gasteiger charge is 2.34. The van der Waals surface area contributed by atoms with E-state index in [0.717, 1.165) is 19.3 Å². The van der Waals surface area contributed by atoms with Crippen LogP contribution in [0, 0.1) is 5.41 Å². The van der Waals surface area contributed by atoms with Gasteiger partial charge in [0.1, 0.15) is 0 Å². The van der Waals surface area contributed by atoms with E-state index in [1.807, 2.05) is 0 Å². The molecule has 0 aliphatic rings. The quantitative estimate of drug-likeness (QED) is 0.358. The first-order chi connectivity index (χ1) is 8.56. The van der Waals surface area contributed by atoms with E-state index in [0.29, 0.717) is 11.8 Å². The van der Waals surface area contributed by atoms with Crippen LogP contribution in [0.5, 0.6) is 0 Å². The standard InChI is InChI=1S/C14H28O5/c1-5-11(14(16,17)18)19-12(15)9-7-6-8-10-13(2,3)4/h11,16-18H,5-10H2,1-4H3. The fourth-order valence-electron chi connectivity index (χ4n) is 1.76. The van der Waals surface area contributed by atoms with E-state index >= 15 is 0 Å². The molecule has 0 amide bonds. The Labute approximate surface area is 115 Å². The summed E-state index contributed by atoms with van der Waals surface area (Å²) in [6.45, 7) is 8.13. The topological polar surface area (TPSA) is 87.0 Å². The van der Waals surface area contributed by atoms with Gasteiger partial charge in [0.2, 0.25) is 0 Å². The third-order valence-electron chi connectivity index (χ3n) is 2.88. The Kier molecular flexibility index (Phi) is 7.55. The van der Waals surface area contributed by atoms with E-state index in [9.17, 15) is 4.79 Å². The van der Waals surface area contributed by atoms with Gasteiger partial charge in [0.25, 0.3) is 0 Å². The second-order valence-corrected chi connectivity index (χ2v) is 6.20. The van der Waals surface area contributed by atoms with Crippen LogP contribution in [0.4, 0.5) is 0 Å². The summed E-state index contributed by atoms with van der Waals surface area (Å²) in [6, 6.07) is 0. The summed E-state index contributed by atoms with van der Waals surface area (Å²) in [4.78, 5) is 11.5. The van der Waals surface area contributed by atoms with E-state index in [-0.39, 0.29) is 12.8 Å². The molecule has 0 aliphatic heterocycles. The van der Waals surface area contributed by atoms with Gasteiger partial charge >= 0.3 is 11.9 Å². The molecule has 114 valence electrons. The highest BCUT2D eigenvalue weighted by Crippen LogP contribution is 2.22. The SMILES string of the molecule is CCC(OC(=O)CCCCCC(C)(C)C)C(O)(O)O. The summed E-state index contributed by atoms with van der Waals surface area (Å²) in [5.74, 6) is -3.47. The van der Waals surface area contributed by atoms with Crippen LogP contribution in [0.3, 0.4) is 0 Å². The number of carbonyl (C=O) groups excluding carboxylic acids is 1. The molecule has 0 saturated heterocycles. The van der Waals surface area contributed by atoms with Crippen LogP contribution in [-0.2, 0) is 9.53 Å². The molecule has 0 aliphatic carbocycles. The molecule has 0 saturated carbocycles. The van der Waals surface area contributed by atoms with Gasteiger partial charge in [0, 0.05) is 6.42 Å². The van der Waals surface area contributed by atoms with Gasteiger partial charge in [-0.3, -0.25) is 4.79 Å². The lowest BCUT2D eigenvalue weighted by atomic mass is 9.89.